The van der Waals surface area contributed by atoms with Gasteiger partial charge < -0.3 is 0 Å². The summed E-state index contributed by atoms with van der Waals surface area (Å²) in [5.41, 5.74) is 0. The SMILES string of the molecule is c1ccc2c(c1)c1ccccc1c1sccc21.c1ccc2sccc2c1. The summed E-state index contributed by atoms with van der Waals surface area (Å²) >= 11 is 3.62. The molecule has 124 valence electrons. The lowest BCUT2D eigenvalue weighted by molar-refractivity contribution is 1.81. The average Bonchev–Trinajstić information content (AvgIpc) is 3.38. The van der Waals surface area contributed by atoms with Crippen LogP contribution < -0.4 is 0 Å². The van der Waals surface area contributed by atoms with Crippen LogP contribution in [-0.2, 0) is 0 Å². The first-order chi connectivity index (χ1) is 12.9. The van der Waals surface area contributed by atoms with E-state index in [1.165, 1.54) is 41.7 Å². The molecule has 0 spiro atoms. The molecule has 0 N–H and O–H groups in total. The van der Waals surface area contributed by atoms with Gasteiger partial charge in [-0.3, -0.25) is 0 Å². The topological polar surface area (TPSA) is 0 Å². The van der Waals surface area contributed by atoms with Crippen molar-refractivity contribution in [3.63, 3.8) is 0 Å². The van der Waals surface area contributed by atoms with Gasteiger partial charge in [0.1, 0.15) is 0 Å². The van der Waals surface area contributed by atoms with E-state index in [0.29, 0.717) is 0 Å². The fraction of sp³-hybridized carbons (Fsp3) is 0. The minimum absolute atomic E-state index is 1.35. The Bertz CT molecular complexity index is 1240. The van der Waals surface area contributed by atoms with Crippen LogP contribution in [0.15, 0.2) is 95.7 Å². The third-order valence-corrected chi connectivity index (χ3v) is 6.55. The second kappa shape index (κ2) is 6.56. The van der Waals surface area contributed by atoms with E-state index in [0.717, 1.165) is 0 Å². The maximum Gasteiger partial charge on any atom is 0.0427 e. The largest absolute Gasteiger partial charge is 0.144 e. The maximum atomic E-state index is 2.23. The van der Waals surface area contributed by atoms with E-state index in [2.05, 4.69) is 95.7 Å². The number of rotatable bonds is 0. The number of hydrogen-bond donors (Lipinski definition) is 0. The monoisotopic (exact) mass is 368 g/mol. The molecule has 2 heteroatoms. The molecule has 0 unspecified atom stereocenters. The first-order valence-corrected chi connectivity index (χ1v) is 10.4. The number of benzene rings is 4. The van der Waals surface area contributed by atoms with Crippen LogP contribution in [0.1, 0.15) is 0 Å². The number of thiophene rings is 2. The van der Waals surface area contributed by atoms with Gasteiger partial charge in [-0.1, -0.05) is 66.7 Å². The Hall–Kier alpha value is -2.68. The summed E-state index contributed by atoms with van der Waals surface area (Å²) < 4.78 is 2.77. The molecule has 6 aromatic rings. The van der Waals surface area contributed by atoms with Gasteiger partial charge in [-0.25, -0.2) is 0 Å². The first-order valence-electron chi connectivity index (χ1n) is 8.61. The summed E-state index contributed by atoms with van der Waals surface area (Å²) in [6.07, 6.45) is 0. The summed E-state index contributed by atoms with van der Waals surface area (Å²) in [5.74, 6) is 0. The summed E-state index contributed by atoms with van der Waals surface area (Å²) in [7, 11) is 0. The molecular weight excluding hydrogens is 352 g/mol. The molecule has 0 bridgehead atoms. The highest BCUT2D eigenvalue weighted by atomic mass is 32.1. The van der Waals surface area contributed by atoms with E-state index in [4.69, 9.17) is 0 Å². The van der Waals surface area contributed by atoms with Gasteiger partial charge in [0.2, 0.25) is 0 Å². The third kappa shape index (κ3) is 2.59. The highest BCUT2D eigenvalue weighted by molar-refractivity contribution is 7.18. The van der Waals surface area contributed by atoms with Gasteiger partial charge in [0.25, 0.3) is 0 Å². The van der Waals surface area contributed by atoms with Crippen molar-refractivity contribution < 1.29 is 0 Å². The molecule has 0 aliphatic heterocycles. The fourth-order valence-corrected chi connectivity index (χ4v) is 5.25. The normalized spacial score (nSPS) is 11.1. The summed E-state index contributed by atoms with van der Waals surface area (Å²) in [4.78, 5) is 0. The van der Waals surface area contributed by atoms with Crippen LogP contribution in [0.2, 0.25) is 0 Å². The molecule has 0 fully saturated rings. The third-order valence-electron chi connectivity index (χ3n) is 4.71. The predicted octanol–water partition coefficient (Wildman–Crippen LogP) is 8.11. The Morgan fingerprint density at radius 2 is 0.962 bits per heavy atom. The molecule has 0 aliphatic carbocycles. The lowest BCUT2D eigenvalue weighted by Crippen LogP contribution is -1.78. The zero-order chi connectivity index (χ0) is 17.3. The number of fused-ring (bicyclic) bond motifs is 7. The lowest BCUT2D eigenvalue weighted by atomic mass is 9.99. The van der Waals surface area contributed by atoms with Crippen molar-refractivity contribution in [2.75, 3.05) is 0 Å². The Kier molecular flexibility index (Phi) is 3.93. The minimum Gasteiger partial charge on any atom is -0.144 e. The standard InChI is InChI=1S/C16H10S.C8H6S/c1-2-7-13-11(5-1)12-6-3-4-8-14(12)16-15(13)9-10-17-16;1-2-4-8-7(3-1)5-6-9-8/h1-10H;1-6H. The maximum absolute atomic E-state index is 2.23. The second-order valence-corrected chi connectivity index (χ2v) is 8.08. The zero-order valence-electron chi connectivity index (χ0n) is 14.1. The van der Waals surface area contributed by atoms with Crippen molar-refractivity contribution in [3.05, 3.63) is 95.7 Å². The van der Waals surface area contributed by atoms with Crippen molar-refractivity contribution in [1.29, 1.82) is 0 Å². The molecule has 0 nitrogen and oxygen atoms in total. The smallest absolute Gasteiger partial charge is 0.0427 e. The Morgan fingerprint density at radius 1 is 0.423 bits per heavy atom. The van der Waals surface area contributed by atoms with Crippen LogP contribution >= 0.6 is 22.7 Å². The van der Waals surface area contributed by atoms with E-state index in [-0.39, 0.29) is 0 Å². The van der Waals surface area contributed by atoms with E-state index in [1.54, 1.807) is 11.3 Å². The molecular formula is C24H16S2. The van der Waals surface area contributed by atoms with Gasteiger partial charge in [0.15, 0.2) is 0 Å². The van der Waals surface area contributed by atoms with Crippen LogP contribution in [-0.4, -0.2) is 0 Å². The Labute approximate surface area is 160 Å². The molecule has 4 aromatic carbocycles. The fourth-order valence-electron chi connectivity index (χ4n) is 3.50. The Morgan fingerprint density at radius 3 is 1.69 bits per heavy atom. The van der Waals surface area contributed by atoms with Gasteiger partial charge >= 0.3 is 0 Å². The minimum atomic E-state index is 1.35. The quantitative estimate of drug-likeness (QED) is 0.237. The van der Waals surface area contributed by atoms with Crippen LogP contribution in [0.25, 0.3) is 41.7 Å². The Balaban J connectivity index is 0.000000141. The number of hydrogen-bond acceptors (Lipinski definition) is 2. The van der Waals surface area contributed by atoms with Gasteiger partial charge in [-0.15, -0.1) is 22.7 Å². The van der Waals surface area contributed by atoms with Crippen molar-refractivity contribution in [1.82, 2.24) is 0 Å². The summed E-state index contributed by atoms with van der Waals surface area (Å²) in [5, 5.41) is 12.5. The van der Waals surface area contributed by atoms with Crippen LogP contribution in [0.4, 0.5) is 0 Å². The summed E-state index contributed by atoms with van der Waals surface area (Å²) in [6.45, 7) is 0. The highest BCUT2D eigenvalue weighted by Gasteiger charge is 2.07. The van der Waals surface area contributed by atoms with E-state index >= 15 is 0 Å². The predicted molar refractivity (Wildman–Crippen MR) is 119 cm³/mol. The zero-order valence-corrected chi connectivity index (χ0v) is 15.7. The lowest BCUT2D eigenvalue weighted by Gasteiger charge is -2.06. The molecule has 0 atom stereocenters. The molecule has 2 heterocycles. The molecule has 6 rings (SSSR count). The highest BCUT2D eigenvalue weighted by Crippen LogP contribution is 2.37. The van der Waals surface area contributed by atoms with Crippen LogP contribution in [0.3, 0.4) is 0 Å². The van der Waals surface area contributed by atoms with Crippen molar-refractivity contribution in [3.8, 4) is 0 Å². The molecule has 0 radical (unpaired) electrons. The molecule has 0 amide bonds. The van der Waals surface area contributed by atoms with Crippen LogP contribution in [0, 0.1) is 0 Å². The van der Waals surface area contributed by atoms with E-state index in [9.17, 15) is 0 Å². The molecule has 0 aliphatic rings. The first kappa shape index (κ1) is 15.6. The molecule has 2 aromatic heterocycles. The van der Waals surface area contributed by atoms with Crippen LogP contribution in [0.5, 0.6) is 0 Å². The van der Waals surface area contributed by atoms with Gasteiger partial charge in [-0.05, 0) is 50.5 Å². The average molecular weight is 369 g/mol. The van der Waals surface area contributed by atoms with E-state index < -0.39 is 0 Å². The summed E-state index contributed by atoms with van der Waals surface area (Å²) in [6, 6.07) is 30.1. The van der Waals surface area contributed by atoms with Gasteiger partial charge in [-0.2, -0.15) is 0 Å². The van der Waals surface area contributed by atoms with Gasteiger partial charge in [0.05, 0.1) is 0 Å². The molecule has 0 saturated heterocycles. The van der Waals surface area contributed by atoms with Crippen molar-refractivity contribution in [2.24, 2.45) is 0 Å². The second-order valence-electron chi connectivity index (χ2n) is 6.21. The molecule has 26 heavy (non-hydrogen) atoms. The van der Waals surface area contributed by atoms with Gasteiger partial charge in [0, 0.05) is 20.2 Å². The van der Waals surface area contributed by atoms with E-state index in [1.807, 2.05) is 11.3 Å². The molecule has 0 saturated carbocycles. The van der Waals surface area contributed by atoms with Crippen molar-refractivity contribution in [2.45, 2.75) is 0 Å². The van der Waals surface area contributed by atoms with Crippen molar-refractivity contribution >= 4 is 64.4 Å².